The summed E-state index contributed by atoms with van der Waals surface area (Å²) in [6.07, 6.45) is 1.94. The Labute approximate surface area is 142 Å². The molecule has 1 atom stereocenters. The Hall–Kier alpha value is -2.65. The second-order valence-corrected chi connectivity index (χ2v) is 7.92. The smallest absolute Gasteiger partial charge is 0.314 e. The van der Waals surface area contributed by atoms with Crippen LogP contribution in [0.25, 0.3) is 11.0 Å². The molecule has 4 rings (SSSR count). The van der Waals surface area contributed by atoms with E-state index in [-0.39, 0.29) is 16.5 Å². The molecule has 1 aliphatic rings. The van der Waals surface area contributed by atoms with Gasteiger partial charge in [0, 0.05) is 25.0 Å². The van der Waals surface area contributed by atoms with E-state index in [9.17, 15) is 18.0 Å². The molecule has 9 heteroatoms. The van der Waals surface area contributed by atoms with E-state index in [1.165, 1.54) is 22.5 Å². The van der Waals surface area contributed by atoms with E-state index in [4.69, 9.17) is 0 Å². The number of benzene rings is 1. The van der Waals surface area contributed by atoms with Crippen molar-refractivity contribution in [1.82, 2.24) is 18.8 Å². The molecule has 3 heterocycles. The van der Waals surface area contributed by atoms with E-state index >= 15 is 0 Å². The minimum absolute atomic E-state index is 0.0783. The monoisotopic (exact) mass is 360 g/mol. The van der Waals surface area contributed by atoms with Crippen LogP contribution in [0, 0.1) is 0 Å². The van der Waals surface area contributed by atoms with Gasteiger partial charge in [-0.2, -0.15) is 4.31 Å². The van der Waals surface area contributed by atoms with Gasteiger partial charge in [0.1, 0.15) is 0 Å². The Morgan fingerprint density at radius 2 is 1.76 bits per heavy atom. The molecule has 130 valence electrons. The molecule has 0 spiro atoms. The van der Waals surface area contributed by atoms with Crippen LogP contribution in [0.2, 0.25) is 0 Å². The topological polar surface area (TPSA) is 108 Å². The number of aromatic amines is 2. The Balaban J connectivity index is 1.81. The van der Waals surface area contributed by atoms with E-state index in [1.807, 2.05) is 29.8 Å². The zero-order chi connectivity index (χ0) is 17.8. The number of nitrogens with one attached hydrogen (secondary N) is 2. The Kier molecular flexibility index (Phi) is 3.44. The van der Waals surface area contributed by atoms with Crippen molar-refractivity contribution in [2.45, 2.75) is 24.4 Å². The number of nitrogens with zero attached hydrogens (tertiary/aromatic N) is 2. The van der Waals surface area contributed by atoms with Crippen LogP contribution in [0.3, 0.4) is 0 Å². The van der Waals surface area contributed by atoms with Gasteiger partial charge in [-0.15, -0.1) is 0 Å². The van der Waals surface area contributed by atoms with E-state index in [0.717, 1.165) is 5.69 Å². The molecule has 0 fully saturated rings. The number of fused-ring (bicyclic) bond motifs is 2. The normalized spacial score (nSPS) is 18.4. The molecule has 0 saturated heterocycles. The molecule has 3 aromatic rings. The van der Waals surface area contributed by atoms with Crippen molar-refractivity contribution in [1.29, 1.82) is 0 Å². The van der Waals surface area contributed by atoms with Crippen molar-refractivity contribution in [3.8, 4) is 0 Å². The molecule has 1 aromatic carbocycles. The van der Waals surface area contributed by atoms with Crippen molar-refractivity contribution >= 4 is 21.1 Å². The van der Waals surface area contributed by atoms with E-state index in [0.29, 0.717) is 18.6 Å². The molecule has 25 heavy (non-hydrogen) atoms. The number of H-pyrrole nitrogens is 2. The molecule has 2 N–H and O–H groups in total. The highest BCUT2D eigenvalue weighted by atomic mass is 32.2. The minimum atomic E-state index is -3.74. The molecule has 2 aromatic heterocycles. The third-order valence-corrected chi connectivity index (χ3v) is 6.55. The van der Waals surface area contributed by atoms with Gasteiger partial charge < -0.3 is 14.5 Å². The standard InChI is InChI=1S/C16H16N4O4S/c1-10-14-3-2-6-19(14)7-8-20(10)25(23,24)11-4-5-12-13(9-11)18-16(22)15(21)17-12/h2-6,9-10H,7-8H2,1H3,(H,17,21)(H,18,22)/t10-/m0/s1. The lowest BCUT2D eigenvalue weighted by atomic mass is 10.2. The van der Waals surface area contributed by atoms with E-state index < -0.39 is 21.1 Å². The molecule has 0 saturated carbocycles. The number of aromatic nitrogens is 3. The van der Waals surface area contributed by atoms with Crippen molar-refractivity contribution in [2.75, 3.05) is 6.54 Å². The fourth-order valence-corrected chi connectivity index (χ4v) is 4.90. The summed E-state index contributed by atoms with van der Waals surface area (Å²) in [4.78, 5) is 27.8. The summed E-state index contributed by atoms with van der Waals surface area (Å²) in [5.41, 5.74) is 0.0101. The van der Waals surface area contributed by atoms with Gasteiger partial charge in [-0.05, 0) is 37.3 Å². The summed E-state index contributed by atoms with van der Waals surface area (Å²) in [5.74, 6) is 0. The first kappa shape index (κ1) is 15.9. The minimum Gasteiger partial charge on any atom is -0.349 e. The zero-order valence-corrected chi connectivity index (χ0v) is 14.2. The molecule has 0 radical (unpaired) electrons. The van der Waals surface area contributed by atoms with Gasteiger partial charge in [0.2, 0.25) is 10.0 Å². The predicted octanol–water partition coefficient (Wildman–Crippen LogP) is 0.783. The summed E-state index contributed by atoms with van der Waals surface area (Å²) >= 11 is 0. The Bertz CT molecular complexity index is 1190. The first-order valence-electron chi connectivity index (χ1n) is 7.81. The molecule has 0 unspecified atom stereocenters. The first-order chi connectivity index (χ1) is 11.9. The summed E-state index contributed by atoms with van der Waals surface area (Å²) in [5, 5.41) is 0. The van der Waals surface area contributed by atoms with Crippen molar-refractivity contribution in [2.24, 2.45) is 0 Å². The van der Waals surface area contributed by atoms with Crippen LogP contribution in [0.15, 0.2) is 51.0 Å². The molecule has 0 aliphatic carbocycles. The van der Waals surface area contributed by atoms with Crippen molar-refractivity contribution in [3.63, 3.8) is 0 Å². The summed E-state index contributed by atoms with van der Waals surface area (Å²) in [6.45, 7) is 2.80. The molecular weight excluding hydrogens is 344 g/mol. The molecular formula is C16H16N4O4S. The van der Waals surface area contributed by atoms with Gasteiger partial charge in [-0.3, -0.25) is 9.59 Å². The maximum atomic E-state index is 13.1. The summed E-state index contributed by atoms with van der Waals surface area (Å²) < 4.78 is 29.6. The third kappa shape index (κ3) is 2.43. The van der Waals surface area contributed by atoms with Gasteiger partial charge in [0.25, 0.3) is 0 Å². The second kappa shape index (κ2) is 5.43. The van der Waals surface area contributed by atoms with Crippen LogP contribution < -0.4 is 11.1 Å². The lowest BCUT2D eigenvalue weighted by molar-refractivity contribution is 0.282. The number of hydrogen-bond acceptors (Lipinski definition) is 4. The number of hydrogen-bond donors (Lipinski definition) is 2. The Morgan fingerprint density at radius 1 is 1.04 bits per heavy atom. The summed E-state index contributed by atoms with van der Waals surface area (Å²) in [7, 11) is -3.74. The molecule has 8 nitrogen and oxygen atoms in total. The fourth-order valence-electron chi connectivity index (χ4n) is 3.28. The SMILES string of the molecule is C[C@H]1c2cccn2CCN1S(=O)(=O)c1ccc2[nH]c(=O)c(=O)[nH]c2c1. The first-order valence-corrected chi connectivity index (χ1v) is 9.25. The van der Waals surface area contributed by atoms with Crippen LogP contribution in [0.5, 0.6) is 0 Å². The quantitative estimate of drug-likeness (QED) is 0.659. The third-order valence-electron chi connectivity index (χ3n) is 4.59. The largest absolute Gasteiger partial charge is 0.349 e. The van der Waals surface area contributed by atoms with Crippen LogP contribution in [-0.4, -0.2) is 33.8 Å². The van der Waals surface area contributed by atoms with Gasteiger partial charge in [0.15, 0.2) is 0 Å². The predicted molar refractivity (Wildman–Crippen MR) is 91.9 cm³/mol. The van der Waals surface area contributed by atoms with Gasteiger partial charge >= 0.3 is 11.1 Å². The van der Waals surface area contributed by atoms with E-state index in [2.05, 4.69) is 9.97 Å². The zero-order valence-electron chi connectivity index (χ0n) is 13.4. The van der Waals surface area contributed by atoms with Crippen molar-refractivity contribution < 1.29 is 8.42 Å². The van der Waals surface area contributed by atoms with Crippen LogP contribution in [0.4, 0.5) is 0 Å². The second-order valence-electron chi connectivity index (χ2n) is 6.03. The number of rotatable bonds is 2. The lowest BCUT2D eigenvalue weighted by Gasteiger charge is -2.33. The highest BCUT2D eigenvalue weighted by Gasteiger charge is 2.34. The van der Waals surface area contributed by atoms with E-state index in [1.54, 1.807) is 0 Å². The van der Waals surface area contributed by atoms with Gasteiger partial charge in [0.05, 0.1) is 22.0 Å². The maximum Gasteiger partial charge on any atom is 0.314 e. The number of sulfonamides is 1. The fraction of sp³-hybridized carbons (Fsp3) is 0.250. The highest BCUT2D eigenvalue weighted by molar-refractivity contribution is 7.89. The maximum absolute atomic E-state index is 13.1. The summed E-state index contributed by atoms with van der Waals surface area (Å²) in [6, 6.07) is 7.82. The van der Waals surface area contributed by atoms with Crippen molar-refractivity contribution in [3.05, 3.63) is 62.9 Å². The average Bonchev–Trinajstić information content (AvgIpc) is 3.05. The van der Waals surface area contributed by atoms with Crippen LogP contribution >= 0.6 is 0 Å². The molecule has 0 amide bonds. The van der Waals surface area contributed by atoms with Crippen LogP contribution in [-0.2, 0) is 16.6 Å². The highest BCUT2D eigenvalue weighted by Crippen LogP contribution is 2.31. The molecule has 1 aliphatic heterocycles. The lowest BCUT2D eigenvalue weighted by Crippen LogP contribution is -2.40. The van der Waals surface area contributed by atoms with Gasteiger partial charge in [-0.25, -0.2) is 8.42 Å². The molecule has 0 bridgehead atoms. The average molecular weight is 360 g/mol. The van der Waals surface area contributed by atoms with Gasteiger partial charge in [-0.1, -0.05) is 0 Å². The Morgan fingerprint density at radius 3 is 2.52 bits per heavy atom. The van der Waals surface area contributed by atoms with Crippen LogP contribution in [0.1, 0.15) is 18.7 Å².